The molecule has 0 saturated carbocycles. The maximum absolute atomic E-state index is 11.4. The van der Waals surface area contributed by atoms with Crippen LogP contribution in [0.25, 0.3) is 0 Å². The van der Waals surface area contributed by atoms with Gasteiger partial charge in [0.05, 0.1) is 5.56 Å². The van der Waals surface area contributed by atoms with Crippen LogP contribution in [0.2, 0.25) is 0 Å². The van der Waals surface area contributed by atoms with E-state index in [-0.39, 0.29) is 11.5 Å². The average Bonchev–Trinajstić information content (AvgIpc) is 2.17. The predicted molar refractivity (Wildman–Crippen MR) is 49.4 cm³/mol. The van der Waals surface area contributed by atoms with Crippen LogP contribution in [0.5, 0.6) is 0 Å². The van der Waals surface area contributed by atoms with Crippen molar-refractivity contribution in [3.05, 3.63) is 34.9 Å². The summed E-state index contributed by atoms with van der Waals surface area (Å²) in [6, 6.07) is 4.77. The van der Waals surface area contributed by atoms with E-state index >= 15 is 0 Å². The summed E-state index contributed by atoms with van der Waals surface area (Å²) < 4.78 is 0. The lowest BCUT2D eigenvalue weighted by atomic mass is 9.95. The van der Waals surface area contributed by atoms with Gasteiger partial charge in [0.1, 0.15) is 0 Å². The highest BCUT2D eigenvalue weighted by atomic mass is 16.4. The number of hydrogen-bond acceptors (Lipinski definition) is 2. The molecular formula is C10H9NO3. The van der Waals surface area contributed by atoms with E-state index in [1.54, 1.807) is 12.1 Å². The molecule has 2 rings (SSSR count). The topological polar surface area (TPSA) is 66.4 Å². The van der Waals surface area contributed by atoms with Gasteiger partial charge in [0.2, 0.25) is 0 Å². The van der Waals surface area contributed by atoms with Crippen molar-refractivity contribution in [2.45, 2.75) is 6.42 Å². The van der Waals surface area contributed by atoms with Gasteiger partial charge in [-0.15, -0.1) is 0 Å². The summed E-state index contributed by atoms with van der Waals surface area (Å²) in [5.74, 6) is -1.16. The Kier molecular flexibility index (Phi) is 1.96. The molecule has 0 atom stereocenters. The molecule has 1 aromatic rings. The Bertz CT molecular complexity index is 398. The maximum Gasteiger partial charge on any atom is 0.335 e. The average molecular weight is 191 g/mol. The van der Waals surface area contributed by atoms with Crippen molar-refractivity contribution in [2.24, 2.45) is 0 Å². The molecule has 1 aliphatic rings. The molecule has 0 bridgehead atoms. The molecule has 0 aliphatic carbocycles. The first-order valence-electron chi connectivity index (χ1n) is 4.33. The highest BCUT2D eigenvalue weighted by Crippen LogP contribution is 2.18. The number of fused-ring (bicyclic) bond motifs is 1. The Morgan fingerprint density at radius 1 is 1.43 bits per heavy atom. The molecule has 0 radical (unpaired) electrons. The van der Waals surface area contributed by atoms with Crippen LogP contribution >= 0.6 is 0 Å². The third kappa shape index (κ3) is 1.25. The van der Waals surface area contributed by atoms with Crippen molar-refractivity contribution in [3.63, 3.8) is 0 Å². The van der Waals surface area contributed by atoms with Crippen molar-refractivity contribution in [1.82, 2.24) is 5.32 Å². The van der Waals surface area contributed by atoms with Crippen molar-refractivity contribution in [3.8, 4) is 0 Å². The summed E-state index contributed by atoms with van der Waals surface area (Å²) in [5.41, 5.74) is 1.36. The Hall–Kier alpha value is -1.84. The molecule has 72 valence electrons. The zero-order valence-electron chi connectivity index (χ0n) is 7.41. The summed E-state index contributed by atoms with van der Waals surface area (Å²) in [4.78, 5) is 22.2. The van der Waals surface area contributed by atoms with Gasteiger partial charge in [0, 0.05) is 12.1 Å². The van der Waals surface area contributed by atoms with Crippen LogP contribution in [0.1, 0.15) is 26.3 Å². The molecule has 2 N–H and O–H groups in total. The van der Waals surface area contributed by atoms with E-state index in [0.29, 0.717) is 24.1 Å². The van der Waals surface area contributed by atoms with Crippen molar-refractivity contribution >= 4 is 11.9 Å². The van der Waals surface area contributed by atoms with Crippen LogP contribution in [0.15, 0.2) is 18.2 Å². The van der Waals surface area contributed by atoms with Crippen LogP contribution < -0.4 is 5.32 Å². The van der Waals surface area contributed by atoms with Gasteiger partial charge in [0.25, 0.3) is 5.91 Å². The first-order valence-corrected chi connectivity index (χ1v) is 4.33. The van der Waals surface area contributed by atoms with E-state index in [2.05, 4.69) is 5.32 Å². The lowest BCUT2D eigenvalue weighted by Crippen LogP contribution is -2.32. The minimum absolute atomic E-state index is 0.186. The largest absolute Gasteiger partial charge is 0.478 e. The Morgan fingerprint density at radius 3 is 2.93 bits per heavy atom. The first kappa shape index (κ1) is 8.74. The van der Waals surface area contributed by atoms with Crippen LogP contribution in [0, 0.1) is 0 Å². The lowest BCUT2D eigenvalue weighted by molar-refractivity contribution is 0.0695. The smallest absolute Gasteiger partial charge is 0.335 e. The summed E-state index contributed by atoms with van der Waals surface area (Å²) >= 11 is 0. The number of rotatable bonds is 1. The second kappa shape index (κ2) is 3.14. The molecule has 4 heteroatoms. The number of carboxylic acids is 1. The molecule has 0 unspecified atom stereocenters. The van der Waals surface area contributed by atoms with Gasteiger partial charge in [-0.1, -0.05) is 6.07 Å². The van der Waals surface area contributed by atoms with Gasteiger partial charge in [0.15, 0.2) is 0 Å². The molecule has 0 aromatic heterocycles. The van der Waals surface area contributed by atoms with Gasteiger partial charge in [-0.25, -0.2) is 4.79 Å². The van der Waals surface area contributed by atoms with Crippen molar-refractivity contribution < 1.29 is 14.7 Å². The summed E-state index contributed by atoms with van der Waals surface area (Å²) in [5, 5.41) is 11.6. The third-order valence-corrected chi connectivity index (χ3v) is 2.31. The highest BCUT2D eigenvalue weighted by Gasteiger charge is 2.21. The van der Waals surface area contributed by atoms with E-state index in [1.807, 2.05) is 0 Å². The zero-order valence-corrected chi connectivity index (χ0v) is 7.41. The molecular weight excluding hydrogens is 182 g/mol. The van der Waals surface area contributed by atoms with Crippen LogP contribution in [0.3, 0.4) is 0 Å². The number of aromatic carboxylic acids is 1. The molecule has 1 heterocycles. The summed E-state index contributed by atoms with van der Waals surface area (Å²) in [7, 11) is 0. The fourth-order valence-corrected chi connectivity index (χ4v) is 1.67. The maximum atomic E-state index is 11.4. The van der Waals surface area contributed by atoms with Gasteiger partial charge in [-0.05, 0) is 24.1 Å². The molecule has 1 aliphatic heterocycles. The molecule has 4 nitrogen and oxygen atoms in total. The number of amides is 1. The first-order chi connectivity index (χ1) is 6.70. The third-order valence-electron chi connectivity index (χ3n) is 2.31. The van der Waals surface area contributed by atoms with E-state index in [4.69, 9.17) is 5.11 Å². The Labute approximate surface area is 80.6 Å². The van der Waals surface area contributed by atoms with Gasteiger partial charge in [-0.3, -0.25) is 4.79 Å². The second-order valence-electron chi connectivity index (χ2n) is 3.14. The second-order valence-corrected chi connectivity index (χ2v) is 3.14. The number of benzene rings is 1. The lowest BCUT2D eigenvalue weighted by Gasteiger charge is -2.17. The number of carbonyl (C=O) groups is 2. The van der Waals surface area contributed by atoms with Crippen molar-refractivity contribution in [2.75, 3.05) is 6.54 Å². The number of hydrogen-bond donors (Lipinski definition) is 2. The van der Waals surface area contributed by atoms with Gasteiger partial charge in [-0.2, -0.15) is 0 Å². The molecule has 0 fully saturated rings. The van der Waals surface area contributed by atoms with E-state index in [1.165, 1.54) is 6.07 Å². The van der Waals surface area contributed by atoms with Crippen LogP contribution in [-0.4, -0.2) is 23.5 Å². The van der Waals surface area contributed by atoms with Gasteiger partial charge >= 0.3 is 5.97 Å². The fourth-order valence-electron chi connectivity index (χ4n) is 1.67. The predicted octanol–water partition coefficient (Wildman–Crippen LogP) is 0.671. The van der Waals surface area contributed by atoms with E-state index in [0.717, 1.165) is 0 Å². The minimum atomic E-state index is -0.975. The van der Waals surface area contributed by atoms with E-state index in [9.17, 15) is 9.59 Å². The normalized spacial score (nSPS) is 14.4. The van der Waals surface area contributed by atoms with Crippen LogP contribution in [-0.2, 0) is 6.42 Å². The number of carboxylic acid groups (broad SMARTS) is 1. The van der Waals surface area contributed by atoms with E-state index < -0.39 is 5.97 Å². The molecule has 14 heavy (non-hydrogen) atoms. The zero-order chi connectivity index (χ0) is 10.1. The number of nitrogens with one attached hydrogen (secondary N) is 1. The van der Waals surface area contributed by atoms with Crippen molar-refractivity contribution in [1.29, 1.82) is 0 Å². The Balaban J connectivity index is 2.60. The summed E-state index contributed by atoms with van der Waals surface area (Å²) in [6.07, 6.45) is 0.587. The monoisotopic (exact) mass is 191 g/mol. The molecule has 1 amide bonds. The summed E-state index contributed by atoms with van der Waals surface area (Å²) in [6.45, 7) is 0.510. The SMILES string of the molecule is O=C(O)c1cccc2c1CCNC2=O. The Morgan fingerprint density at radius 2 is 2.21 bits per heavy atom. The van der Waals surface area contributed by atoms with Crippen LogP contribution in [0.4, 0.5) is 0 Å². The minimum Gasteiger partial charge on any atom is -0.478 e. The molecule has 0 spiro atoms. The molecule has 0 saturated heterocycles. The standard InChI is InChI=1S/C10H9NO3/c12-9-7-2-1-3-8(10(13)14)6(7)4-5-11-9/h1-3H,4-5H2,(H,11,12)(H,13,14). The fraction of sp³-hybridized carbons (Fsp3) is 0.200. The highest BCUT2D eigenvalue weighted by molar-refractivity contribution is 6.00. The molecule has 1 aromatic carbocycles. The van der Waals surface area contributed by atoms with Gasteiger partial charge < -0.3 is 10.4 Å². The number of carbonyl (C=O) groups excluding carboxylic acids is 1. The quantitative estimate of drug-likeness (QED) is 0.685.